The Morgan fingerprint density at radius 1 is 1.35 bits per heavy atom. The van der Waals surface area contributed by atoms with E-state index in [4.69, 9.17) is 16.3 Å². The minimum Gasteiger partial charge on any atom is -0.378 e. The number of amides is 1. The maximum atomic E-state index is 12.2. The van der Waals surface area contributed by atoms with Crippen molar-refractivity contribution in [3.8, 4) is 0 Å². The van der Waals surface area contributed by atoms with Gasteiger partial charge < -0.3 is 9.64 Å². The SMILES string of the molecule is CC/C(=N/NC(=O)Cc1csc(N2CCOCC2)n1)c1ccc(Cl)cc1. The van der Waals surface area contributed by atoms with Crippen LogP contribution in [0.5, 0.6) is 0 Å². The van der Waals surface area contributed by atoms with Crippen molar-refractivity contribution in [2.45, 2.75) is 19.8 Å². The number of anilines is 1. The number of aromatic nitrogens is 1. The minimum absolute atomic E-state index is 0.177. The van der Waals surface area contributed by atoms with Crippen molar-refractivity contribution < 1.29 is 9.53 Å². The molecule has 3 rings (SSSR count). The summed E-state index contributed by atoms with van der Waals surface area (Å²) >= 11 is 7.47. The van der Waals surface area contributed by atoms with Crippen LogP contribution in [-0.4, -0.2) is 42.9 Å². The van der Waals surface area contributed by atoms with Crippen molar-refractivity contribution in [2.24, 2.45) is 5.10 Å². The second kappa shape index (κ2) is 9.12. The van der Waals surface area contributed by atoms with Gasteiger partial charge in [-0.15, -0.1) is 11.3 Å². The van der Waals surface area contributed by atoms with Crippen LogP contribution < -0.4 is 10.3 Å². The number of morpholine rings is 1. The lowest BCUT2D eigenvalue weighted by Gasteiger charge is -2.26. The quantitative estimate of drug-likeness (QED) is 0.606. The smallest absolute Gasteiger partial charge is 0.246 e. The first-order valence-corrected chi connectivity index (χ1v) is 9.80. The van der Waals surface area contributed by atoms with Crippen LogP contribution in [0.3, 0.4) is 0 Å². The summed E-state index contributed by atoms with van der Waals surface area (Å²) in [5.41, 5.74) is 5.14. The Morgan fingerprint density at radius 2 is 2.08 bits per heavy atom. The molecule has 1 fully saturated rings. The average Bonchev–Trinajstić information content (AvgIpc) is 3.13. The first-order chi connectivity index (χ1) is 12.7. The van der Waals surface area contributed by atoms with Gasteiger partial charge in [0.05, 0.1) is 31.0 Å². The number of benzene rings is 1. The Balaban J connectivity index is 1.57. The molecule has 26 heavy (non-hydrogen) atoms. The van der Waals surface area contributed by atoms with E-state index >= 15 is 0 Å². The summed E-state index contributed by atoms with van der Waals surface area (Å²) < 4.78 is 5.35. The van der Waals surface area contributed by atoms with Crippen molar-refractivity contribution in [1.82, 2.24) is 10.4 Å². The van der Waals surface area contributed by atoms with Gasteiger partial charge in [-0.05, 0) is 24.1 Å². The number of halogens is 1. The molecule has 0 radical (unpaired) electrons. The molecule has 6 nitrogen and oxygen atoms in total. The first-order valence-electron chi connectivity index (χ1n) is 8.54. The number of ether oxygens (including phenoxy) is 1. The van der Waals surface area contributed by atoms with Gasteiger partial charge in [-0.1, -0.05) is 30.7 Å². The predicted octanol–water partition coefficient (Wildman–Crippen LogP) is 3.11. The van der Waals surface area contributed by atoms with Crippen LogP contribution in [0, 0.1) is 0 Å². The van der Waals surface area contributed by atoms with Gasteiger partial charge in [-0.3, -0.25) is 4.79 Å². The molecule has 0 saturated carbocycles. The van der Waals surface area contributed by atoms with Gasteiger partial charge in [-0.25, -0.2) is 10.4 Å². The summed E-state index contributed by atoms with van der Waals surface area (Å²) in [6.07, 6.45) is 0.918. The van der Waals surface area contributed by atoms with Crippen LogP contribution in [0.4, 0.5) is 5.13 Å². The number of nitrogens with zero attached hydrogens (tertiary/aromatic N) is 3. The minimum atomic E-state index is -0.177. The summed E-state index contributed by atoms with van der Waals surface area (Å²) in [6.45, 7) is 5.10. The zero-order valence-electron chi connectivity index (χ0n) is 14.6. The third kappa shape index (κ3) is 5.03. The molecule has 0 bridgehead atoms. The molecule has 1 aliphatic rings. The van der Waals surface area contributed by atoms with E-state index in [2.05, 4.69) is 20.4 Å². The molecule has 1 aromatic heterocycles. The topological polar surface area (TPSA) is 66.8 Å². The molecule has 1 amide bonds. The summed E-state index contributed by atoms with van der Waals surface area (Å²) in [5.74, 6) is -0.177. The van der Waals surface area contributed by atoms with Crippen molar-refractivity contribution in [2.75, 3.05) is 31.2 Å². The molecule has 2 heterocycles. The van der Waals surface area contributed by atoms with E-state index in [1.165, 1.54) is 0 Å². The second-order valence-corrected chi connectivity index (χ2v) is 7.12. The van der Waals surface area contributed by atoms with Gasteiger partial charge in [0.2, 0.25) is 5.91 Å². The molecule has 2 aromatic rings. The van der Waals surface area contributed by atoms with E-state index in [1.807, 2.05) is 36.6 Å². The number of hydrazone groups is 1. The van der Waals surface area contributed by atoms with Crippen LogP contribution in [0.2, 0.25) is 5.02 Å². The number of thiazole rings is 1. The highest BCUT2D eigenvalue weighted by molar-refractivity contribution is 7.13. The lowest BCUT2D eigenvalue weighted by Crippen LogP contribution is -2.36. The lowest BCUT2D eigenvalue weighted by molar-refractivity contribution is -0.120. The monoisotopic (exact) mass is 392 g/mol. The van der Waals surface area contributed by atoms with Gasteiger partial charge >= 0.3 is 0 Å². The number of hydrogen-bond donors (Lipinski definition) is 1. The lowest BCUT2D eigenvalue weighted by atomic mass is 10.1. The Morgan fingerprint density at radius 3 is 2.77 bits per heavy atom. The van der Waals surface area contributed by atoms with Crippen LogP contribution in [0.15, 0.2) is 34.7 Å². The Bertz CT molecular complexity index is 770. The van der Waals surface area contributed by atoms with E-state index in [0.717, 1.165) is 35.2 Å². The molecule has 0 unspecified atom stereocenters. The van der Waals surface area contributed by atoms with Gasteiger partial charge in [-0.2, -0.15) is 5.10 Å². The standard InChI is InChI=1S/C18H21ClN4O2S/c1-2-16(13-3-5-14(19)6-4-13)21-22-17(24)11-15-12-26-18(20-15)23-7-9-25-10-8-23/h3-6,12H,2,7-11H2,1H3,(H,22,24)/b21-16-. The van der Waals surface area contributed by atoms with Gasteiger partial charge in [0, 0.05) is 23.5 Å². The van der Waals surface area contributed by atoms with E-state index in [9.17, 15) is 4.79 Å². The molecule has 138 valence electrons. The first kappa shape index (κ1) is 18.8. The second-order valence-electron chi connectivity index (χ2n) is 5.85. The average molecular weight is 393 g/mol. The summed E-state index contributed by atoms with van der Waals surface area (Å²) in [5, 5.41) is 7.80. The number of rotatable bonds is 6. The van der Waals surface area contributed by atoms with E-state index in [-0.39, 0.29) is 12.3 Å². The number of carbonyl (C=O) groups excluding carboxylic acids is 1. The zero-order chi connectivity index (χ0) is 18.4. The highest BCUT2D eigenvalue weighted by atomic mass is 35.5. The summed E-state index contributed by atoms with van der Waals surface area (Å²) in [4.78, 5) is 18.9. The normalized spacial score (nSPS) is 15.2. The molecular weight excluding hydrogens is 372 g/mol. The van der Waals surface area contributed by atoms with Crippen LogP contribution in [-0.2, 0) is 16.0 Å². The number of hydrogen-bond acceptors (Lipinski definition) is 6. The van der Waals surface area contributed by atoms with Gasteiger partial charge in [0.15, 0.2) is 5.13 Å². The Labute approximate surface area is 161 Å². The summed E-state index contributed by atoms with van der Waals surface area (Å²) in [7, 11) is 0. The van der Waals surface area contributed by atoms with Crippen molar-refractivity contribution in [3.63, 3.8) is 0 Å². The van der Waals surface area contributed by atoms with Crippen molar-refractivity contribution in [1.29, 1.82) is 0 Å². The highest BCUT2D eigenvalue weighted by Crippen LogP contribution is 2.21. The third-order valence-corrected chi connectivity index (χ3v) is 5.19. The molecule has 0 atom stereocenters. The van der Waals surface area contributed by atoms with E-state index in [1.54, 1.807) is 11.3 Å². The Hall–Kier alpha value is -1.96. The number of nitrogens with one attached hydrogen (secondary N) is 1. The molecule has 8 heteroatoms. The molecule has 1 saturated heterocycles. The van der Waals surface area contributed by atoms with Gasteiger partial charge in [0.25, 0.3) is 0 Å². The fourth-order valence-corrected chi connectivity index (χ4v) is 3.61. The van der Waals surface area contributed by atoms with Crippen LogP contribution in [0.25, 0.3) is 0 Å². The highest BCUT2D eigenvalue weighted by Gasteiger charge is 2.15. The maximum absolute atomic E-state index is 12.2. The van der Waals surface area contributed by atoms with Crippen LogP contribution in [0.1, 0.15) is 24.6 Å². The maximum Gasteiger partial charge on any atom is 0.246 e. The molecule has 0 aliphatic carbocycles. The van der Waals surface area contributed by atoms with E-state index in [0.29, 0.717) is 24.7 Å². The molecule has 1 aromatic carbocycles. The molecule has 1 N–H and O–H groups in total. The molecular formula is C18H21ClN4O2S. The fourth-order valence-electron chi connectivity index (χ4n) is 2.60. The fraction of sp³-hybridized carbons (Fsp3) is 0.389. The molecule has 0 spiro atoms. The van der Waals surface area contributed by atoms with Crippen molar-refractivity contribution >= 4 is 39.7 Å². The largest absolute Gasteiger partial charge is 0.378 e. The summed E-state index contributed by atoms with van der Waals surface area (Å²) in [6, 6.07) is 7.41. The molecule has 1 aliphatic heterocycles. The van der Waals surface area contributed by atoms with E-state index < -0.39 is 0 Å². The third-order valence-electron chi connectivity index (χ3n) is 3.99. The Kier molecular flexibility index (Phi) is 6.60. The van der Waals surface area contributed by atoms with Crippen molar-refractivity contribution in [3.05, 3.63) is 45.9 Å². The predicted molar refractivity (Wildman–Crippen MR) is 105 cm³/mol. The number of carbonyl (C=O) groups is 1. The van der Waals surface area contributed by atoms with Gasteiger partial charge in [0.1, 0.15) is 0 Å². The van der Waals surface area contributed by atoms with Crippen LogP contribution >= 0.6 is 22.9 Å². The zero-order valence-corrected chi connectivity index (χ0v) is 16.1.